The van der Waals surface area contributed by atoms with Gasteiger partial charge in [0.1, 0.15) is 5.01 Å². The summed E-state index contributed by atoms with van der Waals surface area (Å²) in [6.07, 6.45) is 3.67. The fraction of sp³-hybridized carbons (Fsp3) is 0.800. The van der Waals surface area contributed by atoms with Crippen LogP contribution in [0.1, 0.15) is 64.6 Å². The zero-order valence-corrected chi connectivity index (χ0v) is 13.2. The molecule has 18 heavy (non-hydrogen) atoms. The van der Waals surface area contributed by atoms with Crippen LogP contribution in [-0.4, -0.2) is 11.5 Å². The summed E-state index contributed by atoms with van der Waals surface area (Å²) in [6, 6.07) is 0. The predicted molar refractivity (Wildman–Crippen MR) is 79.2 cm³/mol. The van der Waals surface area contributed by atoms with Crippen molar-refractivity contribution in [1.82, 2.24) is 10.3 Å². The van der Waals surface area contributed by atoms with Gasteiger partial charge in [0, 0.05) is 10.8 Å². The van der Waals surface area contributed by atoms with Gasteiger partial charge < -0.3 is 5.32 Å². The molecule has 1 N–H and O–H groups in total. The van der Waals surface area contributed by atoms with Gasteiger partial charge in [0.25, 0.3) is 0 Å². The molecule has 1 fully saturated rings. The van der Waals surface area contributed by atoms with Crippen molar-refractivity contribution >= 4 is 11.3 Å². The molecule has 2 rings (SSSR count). The van der Waals surface area contributed by atoms with Gasteiger partial charge in [-0.1, -0.05) is 34.6 Å². The molecule has 1 aliphatic carbocycles. The smallest absolute Gasteiger partial charge is 0.113 e. The van der Waals surface area contributed by atoms with Crippen molar-refractivity contribution < 1.29 is 0 Å². The standard InChI is InChI=1S/C15H26N2S/c1-6-7-16-15(8-11(2)9-15)13-17-12(10-18-13)14(3,4)5/h10-11,16H,6-9H2,1-5H3. The Kier molecular flexibility index (Phi) is 3.84. The molecule has 2 nitrogen and oxygen atoms in total. The van der Waals surface area contributed by atoms with Gasteiger partial charge >= 0.3 is 0 Å². The highest BCUT2D eigenvalue weighted by Gasteiger charge is 2.45. The van der Waals surface area contributed by atoms with Crippen molar-refractivity contribution in [2.75, 3.05) is 6.54 Å². The minimum Gasteiger partial charge on any atom is -0.305 e. The maximum Gasteiger partial charge on any atom is 0.113 e. The molecule has 0 aromatic carbocycles. The van der Waals surface area contributed by atoms with Gasteiger partial charge in [0.2, 0.25) is 0 Å². The molecule has 102 valence electrons. The summed E-state index contributed by atoms with van der Waals surface area (Å²) in [6.45, 7) is 12.4. The van der Waals surface area contributed by atoms with Crippen LogP contribution in [0.25, 0.3) is 0 Å². The highest BCUT2D eigenvalue weighted by atomic mass is 32.1. The van der Waals surface area contributed by atoms with Gasteiger partial charge in [-0.25, -0.2) is 4.98 Å². The fourth-order valence-electron chi connectivity index (χ4n) is 2.73. The second-order valence-corrected chi connectivity index (χ2v) is 7.67. The van der Waals surface area contributed by atoms with E-state index in [1.807, 2.05) is 11.3 Å². The Morgan fingerprint density at radius 1 is 1.44 bits per heavy atom. The third-order valence-electron chi connectivity index (χ3n) is 3.79. The van der Waals surface area contributed by atoms with Crippen molar-refractivity contribution in [2.45, 2.75) is 64.8 Å². The van der Waals surface area contributed by atoms with Crippen LogP contribution in [0.15, 0.2) is 5.38 Å². The first-order valence-electron chi connectivity index (χ1n) is 7.09. The topological polar surface area (TPSA) is 24.9 Å². The third-order valence-corrected chi connectivity index (χ3v) is 4.84. The van der Waals surface area contributed by atoms with Gasteiger partial charge in [0.15, 0.2) is 0 Å². The molecule has 1 heterocycles. The van der Waals surface area contributed by atoms with Crippen LogP contribution in [0, 0.1) is 5.92 Å². The van der Waals surface area contributed by atoms with Crippen LogP contribution in [0.4, 0.5) is 0 Å². The average molecular weight is 266 g/mol. The Bertz CT molecular complexity index is 397. The third kappa shape index (κ3) is 2.62. The molecular formula is C15H26N2S. The minimum absolute atomic E-state index is 0.163. The van der Waals surface area contributed by atoms with Crippen LogP contribution in [0.5, 0.6) is 0 Å². The first kappa shape index (κ1) is 14.0. The summed E-state index contributed by atoms with van der Waals surface area (Å²) < 4.78 is 0. The lowest BCUT2D eigenvalue weighted by Gasteiger charge is -2.46. The molecule has 0 unspecified atom stereocenters. The molecule has 1 aliphatic rings. The highest BCUT2D eigenvalue weighted by Crippen LogP contribution is 2.47. The van der Waals surface area contributed by atoms with Crippen LogP contribution in [0.3, 0.4) is 0 Å². The zero-order chi connectivity index (χ0) is 13.4. The van der Waals surface area contributed by atoms with Gasteiger partial charge in [-0.3, -0.25) is 0 Å². The Balaban J connectivity index is 2.19. The van der Waals surface area contributed by atoms with Gasteiger partial charge in [-0.2, -0.15) is 0 Å². The lowest BCUT2D eigenvalue weighted by Crippen LogP contribution is -2.52. The summed E-state index contributed by atoms with van der Waals surface area (Å²) in [5.74, 6) is 0.830. The van der Waals surface area contributed by atoms with Crippen molar-refractivity contribution in [3.05, 3.63) is 16.1 Å². The van der Waals surface area contributed by atoms with E-state index < -0.39 is 0 Å². The first-order valence-corrected chi connectivity index (χ1v) is 7.97. The zero-order valence-electron chi connectivity index (χ0n) is 12.3. The van der Waals surface area contributed by atoms with E-state index >= 15 is 0 Å². The number of hydrogen-bond acceptors (Lipinski definition) is 3. The average Bonchev–Trinajstić information content (AvgIpc) is 2.71. The summed E-state index contributed by atoms with van der Waals surface area (Å²) >= 11 is 1.84. The Hall–Kier alpha value is -0.410. The lowest BCUT2D eigenvalue weighted by molar-refractivity contribution is 0.114. The summed E-state index contributed by atoms with van der Waals surface area (Å²) in [7, 11) is 0. The van der Waals surface area contributed by atoms with E-state index in [1.165, 1.54) is 30.0 Å². The molecular weight excluding hydrogens is 240 g/mol. The number of thiazole rings is 1. The quantitative estimate of drug-likeness (QED) is 0.888. The molecule has 0 saturated heterocycles. The van der Waals surface area contributed by atoms with Gasteiger partial charge in [-0.15, -0.1) is 11.3 Å². The normalized spacial score (nSPS) is 28.2. The van der Waals surface area contributed by atoms with E-state index in [0.717, 1.165) is 12.5 Å². The van der Waals surface area contributed by atoms with Crippen LogP contribution in [-0.2, 0) is 11.0 Å². The summed E-state index contributed by atoms with van der Waals surface area (Å²) in [4.78, 5) is 4.92. The summed E-state index contributed by atoms with van der Waals surface area (Å²) in [5.41, 5.74) is 1.58. The van der Waals surface area contributed by atoms with Crippen molar-refractivity contribution in [3.8, 4) is 0 Å². The van der Waals surface area contributed by atoms with Crippen LogP contribution in [0.2, 0.25) is 0 Å². The second-order valence-electron chi connectivity index (χ2n) is 6.81. The van der Waals surface area contributed by atoms with Crippen LogP contribution < -0.4 is 5.32 Å². The van der Waals surface area contributed by atoms with Crippen molar-refractivity contribution in [1.29, 1.82) is 0 Å². The number of nitrogens with zero attached hydrogens (tertiary/aromatic N) is 1. The molecule has 0 radical (unpaired) electrons. The molecule has 0 amide bonds. The molecule has 1 aromatic rings. The maximum absolute atomic E-state index is 4.92. The molecule has 0 atom stereocenters. The van der Waals surface area contributed by atoms with Crippen molar-refractivity contribution in [3.63, 3.8) is 0 Å². The van der Waals surface area contributed by atoms with E-state index in [1.54, 1.807) is 0 Å². The molecule has 0 bridgehead atoms. The monoisotopic (exact) mass is 266 g/mol. The number of hydrogen-bond donors (Lipinski definition) is 1. The van der Waals surface area contributed by atoms with E-state index in [0.29, 0.717) is 0 Å². The molecule has 0 aliphatic heterocycles. The van der Waals surface area contributed by atoms with E-state index in [9.17, 15) is 0 Å². The highest BCUT2D eigenvalue weighted by molar-refractivity contribution is 7.09. The number of rotatable bonds is 4. The van der Waals surface area contributed by atoms with Gasteiger partial charge in [-0.05, 0) is 31.7 Å². The summed E-state index contributed by atoms with van der Waals surface area (Å²) in [5, 5.41) is 7.29. The number of aromatic nitrogens is 1. The minimum atomic E-state index is 0.163. The van der Waals surface area contributed by atoms with Gasteiger partial charge in [0.05, 0.1) is 11.2 Å². The molecule has 1 saturated carbocycles. The largest absolute Gasteiger partial charge is 0.305 e. The lowest BCUT2D eigenvalue weighted by atomic mass is 9.69. The Labute approximate surface area is 115 Å². The van der Waals surface area contributed by atoms with E-state index in [-0.39, 0.29) is 11.0 Å². The van der Waals surface area contributed by atoms with E-state index in [4.69, 9.17) is 4.98 Å². The number of nitrogens with one attached hydrogen (secondary N) is 1. The molecule has 3 heteroatoms. The Morgan fingerprint density at radius 3 is 2.56 bits per heavy atom. The Morgan fingerprint density at radius 2 is 2.11 bits per heavy atom. The maximum atomic E-state index is 4.92. The van der Waals surface area contributed by atoms with E-state index in [2.05, 4.69) is 45.3 Å². The predicted octanol–water partition coefficient (Wildman–Crippen LogP) is 4.07. The first-order chi connectivity index (χ1) is 8.37. The van der Waals surface area contributed by atoms with Crippen molar-refractivity contribution in [2.24, 2.45) is 5.92 Å². The SMILES string of the molecule is CCCNC1(c2nc(C(C)(C)C)cs2)CC(C)C1. The van der Waals surface area contributed by atoms with Crippen LogP contribution >= 0.6 is 11.3 Å². The fourth-order valence-corrected chi connectivity index (χ4v) is 3.97. The molecule has 0 spiro atoms. The second kappa shape index (κ2) is 4.93. The molecule has 1 aromatic heterocycles.